The number of rotatable bonds is 5. The van der Waals surface area contributed by atoms with Crippen molar-refractivity contribution in [3.63, 3.8) is 0 Å². The third kappa shape index (κ3) is 3.81. The first-order valence-corrected chi connectivity index (χ1v) is 5.89. The molecule has 2 N–H and O–H groups in total. The van der Waals surface area contributed by atoms with Crippen LogP contribution in [0.25, 0.3) is 0 Å². The second-order valence-electron chi connectivity index (χ2n) is 4.36. The molecule has 0 radical (unpaired) electrons. The van der Waals surface area contributed by atoms with Crippen molar-refractivity contribution in [2.45, 2.75) is 39.3 Å². The standard InChI is InChI=1S/C14H19F2NO/c1-4-13(14(3,15)16)17-10(2)12-7-5-11(9-18)6-8-12/h4-8,10,17-18H,9H2,1-3H3/b13-4-. The lowest BCUT2D eigenvalue weighted by atomic mass is 10.1. The lowest BCUT2D eigenvalue weighted by molar-refractivity contribution is 0.0537. The lowest BCUT2D eigenvalue weighted by Gasteiger charge is -2.22. The Morgan fingerprint density at radius 2 is 1.94 bits per heavy atom. The molecule has 0 aromatic heterocycles. The Morgan fingerprint density at radius 1 is 1.39 bits per heavy atom. The number of hydrogen-bond acceptors (Lipinski definition) is 2. The number of alkyl halides is 2. The van der Waals surface area contributed by atoms with E-state index < -0.39 is 5.92 Å². The van der Waals surface area contributed by atoms with Crippen LogP contribution < -0.4 is 5.32 Å². The van der Waals surface area contributed by atoms with Crippen LogP contribution in [-0.2, 0) is 6.61 Å². The third-order valence-electron chi connectivity index (χ3n) is 2.80. The number of allylic oxidation sites excluding steroid dienone is 2. The van der Waals surface area contributed by atoms with E-state index in [4.69, 9.17) is 5.11 Å². The Balaban J connectivity index is 2.78. The molecule has 0 bridgehead atoms. The molecule has 4 heteroatoms. The topological polar surface area (TPSA) is 32.3 Å². The van der Waals surface area contributed by atoms with Crippen molar-refractivity contribution in [3.05, 3.63) is 47.2 Å². The molecule has 0 saturated carbocycles. The molecule has 0 amide bonds. The maximum Gasteiger partial charge on any atom is 0.284 e. The second-order valence-corrected chi connectivity index (χ2v) is 4.36. The Bertz CT molecular complexity index is 407. The molecule has 0 aliphatic carbocycles. The van der Waals surface area contributed by atoms with Crippen LogP contribution in [0.1, 0.15) is 37.9 Å². The van der Waals surface area contributed by atoms with Gasteiger partial charge in [0.15, 0.2) is 0 Å². The van der Waals surface area contributed by atoms with E-state index in [2.05, 4.69) is 5.32 Å². The maximum absolute atomic E-state index is 13.2. The van der Waals surface area contributed by atoms with Gasteiger partial charge in [0.25, 0.3) is 5.92 Å². The largest absolute Gasteiger partial charge is 0.392 e. The SMILES string of the molecule is C/C=C(\NC(C)c1ccc(CO)cc1)C(C)(F)F. The number of nitrogens with one attached hydrogen (secondary N) is 1. The summed E-state index contributed by atoms with van der Waals surface area (Å²) in [6, 6.07) is 7.00. The van der Waals surface area contributed by atoms with Crippen LogP contribution >= 0.6 is 0 Å². The van der Waals surface area contributed by atoms with E-state index in [0.29, 0.717) is 0 Å². The van der Waals surface area contributed by atoms with Crippen molar-refractivity contribution in [1.82, 2.24) is 5.32 Å². The van der Waals surface area contributed by atoms with Gasteiger partial charge in [-0.15, -0.1) is 0 Å². The van der Waals surface area contributed by atoms with Gasteiger partial charge in [0.1, 0.15) is 0 Å². The Morgan fingerprint density at radius 3 is 2.33 bits per heavy atom. The highest BCUT2D eigenvalue weighted by Gasteiger charge is 2.27. The van der Waals surface area contributed by atoms with Crippen LogP contribution in [0.15, 0.2) is 36.0 Å². The van der Waals surface area contributed by atoms with Gasteiger partial charge in [-0.1, -0.05) is 30.3 Å². The van der Waals surface area contributed by atoms with Crippen molar-refractivity contribution in [1.29, 1.82) is 0 Å². The molecule has 0 fully saturated rings. The quantitative estimate of drug-likeness (QED) is 0.845. The van der Waals surface area contributed by atoms with Gasteiger partial charge in [0.05, 0.1) is 12.3 Å². The van der Waals surface area contributed by atoms with E-state index in [1.54, 1.807) is 19.1 Å². The highest BCUT2D eigenvalue weighted by molar-refractivity contribution is 5.25. The van der Waals surface area contributed by atoms with E-state index in [1.807, 2.05) is 19.1 Å². The van der Waals surface area contributed by atoms with Crippen LogP contribution in [0.5, 0.6) is 0 Å². The van der Waals surface area contributed by atoms with Gasteiger partial charge >= 0.3 is 0 Å². The van der Waals surface area contributed by atoms with Crippen molar-refractivity contribution in [2.24, 2.45) is 0 Å². The summed E-state index contributed by atoms with van der Waals surface area (Å²) in [5, 5.41) is 11.7. The van der Waals surface area contributed by atoms with Gasteiger partial charge < -0.3 is 10.4 Å². The molecular formula is C14H19F2NO. The molecule has 0 saturated heterocycles. The summed E-state index contributed by atoms with van der Waals surface area (Å²) in [6.45, 7) is 4.26. The minimum atomic E-state index is -2.87. The molecule has 1 rings (SSSR count). The number of aliphatic hydroxyl groups excluding tert-OH is 1. The normalized spacial score (nSPS) is 14.4. The summed E-state index contributed by atoms with van der Waals surface area (Å²) in [4.78, 5) is 0. The number of halogens is 2. The average molecular weight is 255 g/mol. The molecule has 0 heterocycles. The number of aliphatic hydroxyl groups is 1. The summed E-state index contributed by atoms with van der Waals surface area (Å²) in [6.07, 6.45) is 1.39. The molecule has 18 heavy (non-hydrogen) atoms. The Kier molecular flexibility index (Phi) is 4.84. The van der Waals surface area contributed by atoms with Crippen LogP contribution in [-0.4, -0.2) is 11.0 Å². The van der Waals surface area contributed by atoms with Gasteiger partial charge in [-0.05, 0) is 25.0 Å². The molecule has 0 aliphatic heterocycles. The zero-order valence-electron chi connectivity index (χ0n) is 10.9. The summed E-state index contributed by atoms with van der Waals surface area (Å²) in [5.41, 5.74) is 1.62. The zero-order chi connectivity index (χ0) is 13.8. The summed E-state index contributed by atoms with van der Waals surface area (Å²) < 4.78 is 26.4. The van der Waals surface area contributed by atoms with Gasteiger partial charge in [-0.3, -0.25) is 0 Å². The number of benzene rings is 1. The van der Waals surface area contributed by atoms with Crippen molar-refractivity contribution in [3.8, 4) is 0 Å². The van der Waals surface area contributed by atoms with Crippen LogP contribution in [0.4, 0.5) is 8.78 Å². The fourth-order valence-electron chi connectivity index (χ4n) is 1.69. The van der Waals surface area contributed by atoms with Crippen LogP contribution in [0.3, 0.4) is 0 Å². The minimum absolute atomic E-state index is 0.0186. The Labute approximate surface area is 106 Å². The fourth-order valence-corrected chi connectivity index (χ4v) is 1.69. The zero-order valence-corrected chi connectivity index (χ0v) is 10.9. The summed E-state index contributed by atoms with van der Waals surface area (Å²) in [7, 11) is 0. The first-order chi connectivity index (χ1) is 8.38. The van der Waals surface area contributed by atoms with Crippen LogP contribution in [0.2, 0.25) is 0 Å². The Hall–Kier alpha value is -1.42. The first-order valence-electron chi connectivity index (χ1n) is 5.89. The van der Waals surface area contributed by atoms with Crippen molar-refractivity contribution >= 4 is 0 Å². The molecule has 0 aliphatic rings. The summed E-state index contributed by atoms with van der Waals surface area (Å²) >= 11 is 0. The highest BCUT2D eigenvalue weighted by Crippen LogP contribution is 2.24. The van der Waals surface area contributed by atoms with E-state index in [-0.39, 0.29) is 18.3 Å². The first kappa shape index (κ1) is 14.6. The average Bonchev–Trinajstić information content (AvgIpc) is 2.34. The lowest BCUT2D eigenvalue weighted by Crippen LogP contribution is -2.29. The second kappa shape index (κ2) is 5.96. The molecule has 1 aromatic carbocycles. The number of hydrogen-bond donors (Lipinski definition) is 2. The maximum atomic E-state index is 13.2. The highest BCUT2D eigenvalue weighted by atomic mass is 19.3. The summed E-state index contributed by atoms with van der Waals surface area (Å²) in [5.74, 6) is -2.87. The monoisotopic (exact) mass is 255 g/mol. The van der Waals surface area contributed by atoms with Crippen molar-refractivity contribution < 1.29 is 13.9 Å². The molecule has 1 aromatic rings. The molecular weight excluding hydrogens is 236 g/mol. The predicted octanol–water partition coefficient (Wildman–Crippen LogP) is 3.39. The van der Waals surface area contributed by atoms with Gasteiger partial charge in [0.2, 0.25) is 0 Å². The van der Waals surface area contributed by atoms with Gasteiger partial charge in [-0.25, -0.2) is 8.78 Å². The van der Waals surface area contributed by atoms with Gasteiger partial charge in [-0.2, -0.15) is 0 Å². The van der Waals surface area contributed by atoms with E-state index >= 15 is 0 Å². The minimum Gasteiger partial charge on any atom is -0.392 e. The molecule has 2 nitrogen and oxygen atoms in total. The molecule has 1 atom stereocenters. The van der Waals surface area contributed by atoms with Crippen LogP contribution in [0, 0.1) is 0 Å². The predicted molar refractivity (Wildman–Crippen MR) is 68.3 cm³/mol. The van der Waals surface area contributed by atoms with E-state index in [1.165, 1.54) is 6.08 Å². The van der Waals surface area contributed by atoms with E-state index in [0.717, 1.165) is 18.1 Å². The smallest absolute Gasteiger partial charge is 0.284 e. The molecule has 1 unspecified atom stereocenters. The van der Waals surface area contributed by atoms with Gasteiger partial charge in [0, 0.05) is 13.0 Å². The van der Waals surface area contributed by atoms with Crippen molar-refractivity contribution in [2.75, 3.05) is 0 Å². The molecule has 100 valence electrons. The molecule has 0 spiro atoms. The third-order valence-corrected chi connectivity index (χ3v) is 2.80. The fraction of sp³-hybridized carbons (Fsp3) is 0.429. The van der Waals surface area contributed by atoms with E-state index in [9.17, 15) is 8.78 Å².